The van der Waals surface area contributed by atoms with Crippen molar-refractivity contribution in [3.63, 3.8) is 0 Å². The molecule has 1 aromatic heterocycles. The largest absolute Gasteiger partial charge is 0.342 e. The van der Waals surface area contributed by atoms with Crippen molar-refractivity contribution in [1.29, 1.82) is 0 Å². The van der Waals surface area contributed by atoms with E-state index < -0.39 is 0 Å². The van der Waals surface area contributed by atoms with E-state index >= 15 is 0 Å². The van der Waals surface area contributed by atoms with Crippen LogP contribution < -0.4 is 10.6 Å². The normalized spacial score (nSPS) is 15.0. The standard InChI is InChI=1S/C16H20N4OS.3ClH/c21-14(12-20-9-6-17-7-10-20)19-15(16-18-8-11-22-16)13-4-2-1-3-5-13;;;/h1-5,8,11,15,17H,6-7,9-10,12H2,(H,19,21);3*1H. The number of halogens is 3. The molecule has 5 nitrogen and oxygen atoms in total. The first kappa shape index (κ1) is 24.1. The van der Waals surface area contributed by atoms with Gasteiger partial charge in [0.25, 0.3) is 0 Å². The molecule has 1 fully saturated rings. The highest BCUT2D eigenvalue weighted by atomic mass is 35.5. The number of aromatic nitrogens is 1. The Kier molecular flexibility index (Phi) is 12.0. The molecular weight excluding hydrogens is 403 g/mol. The van der Waals surface area contributed by atoms with Gasteiger partial charge in [0.2, 0.25) is 5.91 Å². The van der Waals surface area contributed by atoms with Crippen LogP contribution in [0, 0.1) is 0 Å². The van der Waals surface area contributed by atoms with Crippen LogP contribution in [-0.4, -0.2) is 48.5 Å². The maximum atomic E-state index is 12.4. The van der Waals surface area contributed by atoms with Crippen molar-refractivity contribution in [2.24, 2.45) is 0 Å². The van der Waals surface area contributed by atoms with E-state index in [-0.39, 0.29) is 49.2 Å². The summed E-state index contributed by atoms with van der Waals surface area (Å²) in [4.78, 5) is 18.9. The summed E-state index contributed by atoms with van der Waals surface area (Å²) in [5, 5.41) is 9.28. The highest BCUT2D eigenvalue weighted by Gasteiger charge is 2.21. The van der Waals surface area contributed by atoms with Crippen LogP contribution in [-0.2, 0) is 4.79 Å². The first-order valence-corrected chi connectivity index (χ1v) is 8.37. The number of nitrogens with one attached hydrogen (secondary N) is 2. The Labute approximate surface area is 170 Å². The van der Waals surface area contributed by atoms with Gasteiger partial charge in [0, 0.05) is 37.8 Å². The molecular formula is C16H23Cl3N4OS. The van der Waals surface area contributed by atoms with Gasteiger partial charge in [0.15, 0.2) is 0 Å². The van der Waals surface area contributed by atoms with Crippen LogP contribution in [0.1, 0.15) is 16.6 Å². The van der Waals surface area contributed by atoms with Gasteiger partial charge < -0.3 is 10.6 Å². The molecule has 3 rings (SSSR count). The minimum absolute atomic E-state index is 0. The Hall–Kier alpha value is -0.890. The van der Waals surface area contributed by atoms with E-state index in [2.05, 4.69) is 20.5 Å². The van der Waals surface area contributed by atoms with Gasteiger partial charge in [-0.15, -0.1) is 48.6 Å². The minimum Gasteiger partial charge on any atom is -0.342 e. The van der Waals surface area contributed by atoms with E-state index in [1.54, 1.807) is 17.5 Å². The summed E-state index contributed by atoms with van der Waals surface area (Å²) < 4.78 is 0. The molecule has 2 N–H and O–H groups in total. The van der Waals surface area contributed by atoms with Gasteiger partial charge in [-0.25, -0.2) is 4.98 Å². The number of nitrogens with zero attached hydrogens (tertiary/aromatic N) is 2. The van der Waals surface area contributed by atoms with E-state index in [0.29, 0.717) is 6.54 Å². The van der Waals surface area contributed by atoms with E-state index in [1.165, 1.54) is 0 Å². The topological polar surface area (TPSA) is 57.3 Å². The molecule has 9 heteroatoms. The molecule has 1 atom stereocenters. The smallest absolute Gasteiger partial charge is 0.235 e. The lowest BCUT2D eigenvalue weighted by atomic mass is 10.1. The van der Waals surface area contributed by atoms with E-state index in [4.69, 9.17) is 0 Å². The fraction of sp³-hybridized carbons (Fsp3) is 0.375. The monoisotopic (exact) mass is 424 g/mol. The Bertz CT molecular complexity index is 595. The maximum absolute atomic E-state index is 12.4. The molecule has 1 saturated heterocycles. The molecule has 25 heavy (non-hydrogen) atoms. The van der Waals surface area contributed by atoms with Gasteiger partial charge in [0.05, 0.1) is 6.54 Å². The Morgan fingerprint density at radius 3 is 2.48 bits per heavy atom. The summed E-state index contributed by atoms with van der Waals surface area (Å²) >= 11 is 1.56. The van der Waals surface area contributed by atoms with Crippen molar-refractivity contribution in [2.75, 3.05) is 32.7 Å². The third-order valence-electron chi connectivity index (χ3n) is 3.71. The lowest BCUT2D eigenvalue weighted by Crippen LogP contribution is -2.48. The van der Waals surface area contributed by atoms with Crippen molar-refractivity contribution in [3.8, 4) is 0 Å². The molecule has 0 bridgehead atoms. The zero-order chi connectivity index (χ0) is 15.2. The molecule has 0 spiro atoms. The number of amides is 1. The summed E-state index contributed by atoms with van der Waals surface area (Å²) in [7, 11) is 0. The van der Waals surface area contributed by atoms with Gasteiger partial charge in [-0.2, -0.15) is 0 Å². The Morgan fingerprint density at radius 2 is 1.88 bits per heavy atom. The van der Waals surface area contributed by atoms with Crippen LogP contribution in [0.4, 0.5) is 0 Å². The number of hydrogen-bond donors (Lipinski definition) is 2. The number of benzene rings is 1. The van der Waals surface area contributed by atoms with E-state index in [0.717, 1.165) is 36.8 Å². The molecule has 0 aliphatic carbocycles. The summed E-state index contributed by atoms with van der Waals surface area (Å²) in [6.07, 6.45) is 1.78. The van der Waals surface area contributed by atoms with Gasteiger partial charge in [-0.3, -0.25) is 9.69 Å². The number of carbonyl (C=O) groups is 1. The van der Waals surface area contributed by atoms with Gasteiger partial charge in [0.1, 0.15) is 11.0 Å². The Morgan fingerprint density at radius 1 is 1.20 bits per heavy atom. The predicted molar refractivity (Wildman–Crippen MR) is 110 cm³/mol. The first-order valence-electron chi connectivity index (χ1n) is 7.50. The third kappa shape index (κ3) is 7.09. The summed E-state index contributed by atoms with van der Waals surface area (Å²) in [5.41, 5.74) is 1.06. The molecule has 0 radical (unpaired) electrons. The molecule has 2 aromatic rings. The second-order valence-corrected chi connectivity index (χ2v) is 6.23. The zero-order valence-electron chi connectivity index (χ0n) is 13.6. The second-order valence-electron chi connectivity index (χ2n) is 5.31. The fourth-order valence-corrected chi connectivity index (χ4v) is 3.30. The van der Waals surface area contributed by atoms with Crippen molar-refractivity contribution in [2.45, 2.75) is 6.04 Å². The molecule has 0 saturated carbocycles. The van der Waals surface area contributed by atoms with Crippen molar-refractivity contribution >= 4 is 54.5 Å². The third-order valence-corrected chi connectivity index (χ3v) is 4.55. The molecule has 140 valence electrons. The van der Waals surface area contributed by atoms with E-state index in [1.807, 2.05) is 35.7 Å². The Balaban J connectivity index is 0.00000192. The van der Waals surface area contributed by atoms with Crippen LogP contribution >= 0.6 is 48.6 Å². The summed E-state index contributed by atoms with van der Waals surface area (Å²) in [6, 6.07) is 9.83. The predicted octanol–water partition coefficient (Wildman–Crippen LogP) is 2.52. The van der Waals surface area contributed by atoms with Gasteiger partial charge in [-0.05, 0) is 5.56 Å². The summed E-state index contributed by atoms with van der Waals surface area (Å²) in [6.45, 7) is 4.17. The second kappa shape index (κ2) is 12.5. The van der Waals surface area contributed by atoms with Crippen molar-refractivity contribution < 1.29 is 4.79 Å². The SMILES string of the molecule is Cl.Cl.Cl.O=C(CN1CCNCC1)NC(c1ccccc1)c1nccs1. The molecule has 1 amide bonds. The average molecular weight is 426 g/mol. The number of piperazine rings is 1. The zero-order valence-corrected chi connectivity index (χ0v) is 16.9. The molecule has 1 unspecified atom stereocenters. The van der Waals surface area contributed by atoms with Crippen molar-refractivity contribution in [3.05, 3.63) is 52.5 Å². The maximum Gasteiger partial charge on any atom is 0.235 e. The van der Waals surface area contributed by atoms with Gasteiger partial charge >= 0.3 is 0 Å². The number of hydrogen-bond acceptors (Lipinski definition) is 5. The number of rotatable bonds is 5. The highest BCUT2D eigenvalue weighted by Crippen LogP contribution is 2.23. The molecule has 1 aliphatic heterocycles. The fourth-order valence-electron chi connectivity index (χ4n) is 2.59. The van der Waals surface area contributed by atoms with Crippen LogP contribution in [0.2, 0.25) is 0 Å². The minimum atomic E-state index is -0.170. The van der Waals surface area contributed by atoms with Crippen LogP contribution in [0.15, 0.2) is 41.9 Å². The molecule has 1 aromatic carbocycles. The lowest BCUT2D eigenvalue weighted by Gasteiger charge is -2.27. The summed E-state index contributed by atoms with van der Waals surface area (Å²) in [5.74, 6) is 0.0472. The van der Waals surface area contributed by atoms with Gasteiger partial charge in [-0.1, -0.05) is 30.3 Å². The number of carbonyl (C=O) groups excluding carboxylic acids is 1. The average Bonchev–Trinajstić information content (AvgIpc) is 3.08. The van der Waals surface area contributed by atoms with Crippen LogP contribution in [0.5, 0.6) is 0 Å². The molecule has 1 aliphatic rings. The van der Waals surface area contributed by atoms with Crippen LogP contribution in [0.25, 0.3) is 0 Å². The highest BCUT2D eigenvalue weighted by molar-refractivity contribution is 7.09. The van der Waals surface area contributed by atoms with E-state index in [9.17, 15) is 4.79 Å². The van der Waals surface area contributed by atoms with Crippen molar-refractivity contribution in [1.82, 2.24) is 20.5 Å². The van der Waals surface area contributed by atoms with Crippen LogP contribution in [0.3, 0.4) is 0 Å². The first-order chi connectivity index (χ1) is 10.8. The molecule has 2 heterocycles. The quantitative estimate of drug-likeness (QED) is 0.773. The lowest BCUT2D eigenvalue weighted by molar-refractivity contribution is -0.122. The number of thiazole rings is 1.